The van der Waals surface area contributed by atoms with E-state index in [9.17, 15) is 13.2 Å². The molecular weight excluding hydrogens is 326 g/mol. The SMILES string of the molecule is CC(C)C1C(=O)N(CCN)C2=C1C=C(S(=O)(=O)N1CCCC1)CC2. The van der Waals surface area contributed by atoms with Gasteiger partial charge in [0.05, 0.1) is 10.8 Å². The van der Waals surface area contributed by atoms with Gasteiger partial charge in [0, 0.05) is 31.9 Å². The zero-order valence-corrected chi connectivity index (χ0v) is 15.3. The lowest BCUT2D eigenvalue weighted by atomic mass is 9.86. The van der Waals surface area contributed by atoms with Gasteiger partial charge in [-0.05, 0) is 43.3 Å². The van der Waals surface area contributed by atoms with Crippen LogP contribution in [0.5, 0.6) is 0 Å². The average Bonchev–Trinajstić information content (AvgIpc) is 3.15. The lowest BCUT2D eigenvalue weighted by molar-refractivity contribution is -0.131. The number of carbonyl (C=O) groups is 1. The first-order chi connectivity index (χ1) is 11.4. The number of allylic oxidation sites excluding steroid dienone is 3. The minimum absolute atomic E-state index is 0.0662. The van der Waals surface area contributed by atoms with Crippen molar-refractivity contribution in [2.45, 2.75) is 39.5 Å². The number of sulfonamides is 1. The van der Waals surface area contributed by atoms with E-state index < -0.39 is 10.0 Å². The monoisotopic (exact) mass is 353 g/mol. The molecule has 0 aromatic rings. The number of amides is 1. The minimum Gasteiger partial charge on any atom is -0.329 e. The minimum atomic E-state index is -3.39. The van der Waals surface area contributed by atoms with Crippen LogP contribution in [0, 0.1) is 11.8 Å². The standard InChI is InChI=1S/C17H27N3O3S/c1-12(2)16-14-11-13(24(22,23)19-8-3-4-9-19)5-6-15(14)20(10-7-18)17(16)21/h11-12,16H,3-10,18H2,1-2H3. The molecule has 1 fully saturated rings. The van der Waals surface area contributed by atoms with Crippen molar-refractivity contribution in [3.05, 3.63) is 22.3 Å². The number of hydrogen-bond donors (Lipinski definition) is 1. The van der Waals surface area contributed by atoms with E-state index in [4.69, 9.17) is 5.73 Å². The predicted octanol–water partition coefficient (Wildman–Crippen LogP) is 1.42. The van der Waals surface area contributed by atoms with Gasteiger partial charge in [0.2, 0.25) is 15.9 Å². The third-order valence-electron chi connectivity index (χ3n) is 5.21. The van der Waals surface area contributed by atoms with Gasteiger partial charge in [-0.3, -0.25) is 4.79 Å². The van der Waals surface area contributed by atoms with E-state index >= 15 is 0 Å². The third-order valence-corrected chi connectivity index (χ3v) is 7.24. The molecule has 1 unspecified atom stereocenters. The molecule has 1 amide bonds. The van der Waals surface area contributed by atoms with Crippen molar-refractivity contribution < 1.29 is 13.2 Å². The molecule has 0 radical (unpaired) electrons. The molecule has 2 heterocycles. The third kappa shape index (κ3) is 2.82. The second-order valence-corrected chi connectivity index (χ2v) is 9.12. The van der Waals surface area contributed by atoms with E-state index in [1.165, 1.54) is 0 Å². The number of hydrogen-bond acceptors (Lipinski definition) is 4. The van der Waals surface area contributed by atoms with Crippen molar-refractivity contribution in [2.75, 3.05) is 26.2 Å². The van der Waals surface area contributed by atoms with Crippen LogP contribution in [0.15, 0.2) is 22.3 Å². The topological polar surface area (TPSA) is 83.7 Å². The molecule has 0 spiro atoms. The largest absolute Gasteiger partial charge is 0.329 e. The molecule has 3 aliphatic rings. The van der Waals surface area contributed by atoms with Crippen molar-refractivity contribution in [2.24, 2.45) is 17.6 Å². The van der Waals surface area contributed by atoms with Crippen LogP contribution in [0.2, 0.25) is 0 Å². The Labute approximate surface area is 144 Å². The molecule has 0 saturated carbocycles. The zero-order chi connectivity index (χ0) is 17.5. The summed E-state index contributed by atoms with van der Waals surface area (Å²) in [5, 5.41) is 0. The van der Waals surface area contributed by atoms with Crippen molar-refractivity contribution in [3.63, 3.8) is 0 Å². The van der Waals surface area contributed by atoms with Crippen LogP contribution in [0.1, 0.15) is 39.5 Å². The lowest BCUT2D eigenvalue weighted by Gasteiger charge is -2.24. The van der Waals surface area contributed by atoms with Crippen molar-refractivity contribution >= 4 is 15.9 Å². The number of nitrogens with zero attached hydrogens (tertiary/aromatic N) is 2. The van der Waals surface area contributed by atoms with Crippen LogP contribution in [0.4, 0.5) is 0 Å². The molecular formula is C17H27N3O3S. The number of carbonyl (C=O) groups excluding carboxylic acids is 1. The molecule has 1 saturated heterocycles. The second kappa shape index (κ2) is 6.61. The molecule has 1 atom stereocenters. The van der Waals surface area contributed by atoms with Crippen molar-refractivity contribution in [1.82, 2.24) is 9.21 Å². The summed E-state index contributed by atoms with van der Waals surface area (Å²) < 4.78 is 27.3. The predicted molar refractivity (Wildman–Crippen MR) is 93.2 cm³/mol. The molecule has 0 bridgehead atoms. The Morgan fingerprint density at radius 2 is 1.92 bits per heavy atom. The van der Waals surface area contributed by atoms with Crippen LogP contribution in [0.25, 0.3) is 0 Å². The van der Waals surface area contributed by atoms with E-state index in [0.717, 1.165) is 24.1 Å². The summed E-state index contributed by atoms with van der Waals surface area (Å²) in [5.41, 5.74) is 7.53. The lowest BCUT2D eigenvalue weighted by Crippen LogP contribution is -2.34. The molecule has 2 N–H and O–H groups in total. The Kier molecular flexibility index (Phi) is 4.86. The highest BCUT2D eigenvalue weighted by Crippen LogP contribution is 2.42. The maximum Gasteiger partial charge on any atom is 0.239 e. The summed E-state index contributed by atoms with van der Waals surface area (Å²) >= 11 is 0. The van der Waals surface area contributed by atoms with Gasteiger partial charge in [0.25, 0.3) is 0 Å². The first kappa shape index (κ1) is 17.6. The van der Waals surface area contributed by atoms with Gasteiger partial charge in [0.1, 0.15) is 0 Å². The fourth-order valence-corrected chi connectivity index (χ4v) is 5.73. The van der Waals surface area contributed by atoms with Gasteiger partial charge >= 0.3 is 0 Å². The average molecular weight is 353 g/mol. The van der Waals surface area contributed by atoms with Crippen LogP contribution in [-0.2, 0) is 14.8 Å². The summed E-state index contributed by atoms with van der Waals surface area (Å²) in [7, 11) is -3.39. The van der Waals surface area contributed by atoms with Gasteiger partial charge in [-0.1, -0.05) is 13.8 Å². The fourth-order valence-electron chi connectivity index (χ4n) is 4.03. The molecule has 6 nitrogen and oxygen atoms in total. The Bertz CT molecular complexity index is 688. The van der Waals surface area contributed by atoms with Gasteiger partial charge < -0.3 is 10.6 Å². The highest BCUT2D eigenvalue weighted by Gasteiger charge is 2.42. The Morgan fingerprint density at radius 1 is 1.25 bits per heavy atom. The van der Waals surface area contributed by atoms with E-state index in [2.05, 4.69) is 0 Å². The van der Waals surface area contributed by atoms with Gasteiger partial charge in [-0.2, -0.15) is 4.31 Å². The number of rotatable bonds is 5. The first-order valence-corrected chi connectivity index (χ1v) is 10.3. The van der Waals surface area contributed by atoms with Crippen molar-refractivity contribution in [3.8, 4) is 0 Å². The van der Waals surface area contributed by atoms with Crippen LogP contribution in [-0.4, -0.2) is 49.7 Å². The highest BCUT2D eigenvalue weighted by atomic mass is 32.2. The Hall–Kier alpha value is -1.18. The van der Waals surface area contributed by atoms with Gasteiger partial charge in [0.15, 0.2) is 0 Å². The summed E-state index contributed by atoms with van der Waals surface area (Å²) in [4.78, 5) is 15.0. The van der Waals surface area contributed by atoms with E-state index in [0.29, 0.717) is 43.9 Å². The maximum atomic E-state index is 12.9. The van der Waals surface area contributed by atoms with Crippen LogP contribution in [0.3, 0.4) is 0 Å². The normalized spacial score (nSPS) is 25.7. The molecule has 7 heteroatoms. The van der Waals surface area contributed by atoms with Crippen molar-refractivity contribution in [1.29, 1.82) is 0 Å². The van der Waals surface area contributed by atoms with E-state index in [1.807, 2.05) is 13.8 Å². The molecule has 3 rings (SSSR count). The summed E-state index contributed by atoms with van der Waals surface area (Å²) in [6, 6.07) is 0. The molecule has 2 aliphatic heterocycles. The molecule has 24 heavy (non-hydrogen) atoms. The summed E-state index contributed by atoms with van der Waals surface area (Å²) in [6.07, 6.45) is 4.71. The maximum absolute atomic E-state index is 12.9. The first-order valence-electron chi connectivity index (χ1n) is 8.83. The molecule has 0 aromatic carbocycles. The quantitative estimate of drug-likeness (QED) is 0.810. The van der Waals surface area contributed by atoms with Crippen LogP contribution < -0.4 is 5.73 Å². The summed E-state index contributed by atoms with van der Waals surface area (Å²) in [5.74, 6) is -0.0532. The smallest absolute Gasteiger partial charge is 0.239 e. The highest BCUT2D eigenvalue weighted by molar-refractivity contribution is 7.93. The second-order valence-electron chi connectivity index (χ2n) is 7.12. The van der Waals surface area contributed by atoms with Crippen LogP contribution >= 0.6 is 0 Å². The molecule has 0 aromatic heterocycles. The van der Waals surface area contributed by atoms with E-state index in [-0.39, 0.29) is 17.7 Å². The Morgan fingerprint density at radius 3 is 2.50 bits per heavy atom. The fraction of sp³-hybridized carbons (Fsp3) is 0.706. The molecule has 1 aliphatic carbocycles. The van der Waals surface area contributed by atoms with E-state index in [1.54, 1.807) is 15.3 Å². The number of nitrogens with two attached hydrogens (primary N) is 1. The van der Waals surface area contributed by atoms with Gasteiger partial charge in [-0.25, -0.2) is 8.42 Å². The Balaban J connectivity index is 1.98. The molecule has 134 valence electrons. The zero-order valence-electron chi connectivity index (χ0n) is 14.5. The van der Waals surface area contributed by atoms with Gasteiger partial charge in [-0.15, -0.1) is 0 Å². The summed E-state index contributed by atoms with van der Waals surface area (Å²) in [6.45, 7) is 6.15.